The number of hydrogen-bond donors (Lipinski definition) is 2. The summed E-state index contributed by atoms with van der Waals surface area (Å²) in [6, 6.07) is 8.55. The van der Waals surface area contributed by atoms with E-state index in [4.69, 9.17) is 5.73 Å². The van der Waals surface area contributed by atoms with Crippen LogP contribution in [0.1, 0.15) is 64.4 Å². The van der Waals surface area contributed by atoms with Gasteiger partial charge in [-0.05, 0) is 66.1 Å². The average molecular weight is 616 g/mol. The van der Waals surface area contributed by atoms with Gasteiger partial charge in [0.05, 0.1) is 17.3 Å². The molecule has 3 N–H and O–H groups in total. The minimum atomic E-state index is -4.71. The predicted octanol–water partition coefficient (Wildman–Crippen LogP) is 5.88. The molecular formula is C31H27F6N5O2. The lowest BCUT2D eigenvalue weighted by Crippen LogP contribution is -2.34. The maximum absolute atomic E-state index is 14.2. The second-order valence-electron chi connectivity index (χ2n) is 10.9. The fourth-order valence-electron chi connectivity index (χ4n) is 5.69. The number of amides is 2. The van der Waals surface area contributed by atoms with E-state index in [1.807, 2.05) is 6.92 Å². The number of nitrogens with one attached hydrogen (secondary N) is 1. The average Bonchev–Trinajstić information content (AvgIpc) is 3.43. The molecule has 0 fully saturated rings. The molecule has 1 aliphatic carbocycles. The molecule has 13 heteroatoms. The molecule has 2 amide bonds. The van der Waals surface area contributed by atoms with Crippen LogP contribution in [0.4, 0.5) is 26.3 Å². The highest BCUT2D eigenvalue weighted by Gasteiger charge is 2.44. The first-order valence-electron chi connectivity index (χ1n) is 13.7. The smallest absolute Gasteiger partial charge is 0.366 e. The summed E-state index contributed by atoms with van der Waals surface area (Å²) in [5.41, 5.74) is 5.29. The second kappa shape index (κ2) is 11.8. The Balaban J connectivity index is 1.53. The van der Waals surface area contributed by atoms with Gasteiger partial charge >= 0.3 is 6.18 Å². The first-order chi connectivity index (χ1) is 20.7. The Morgan fingerprint density at radius 1 is 1.07 bits per heavy atom. The Labute approximate surface area is 248 Å². The number of carbonyl (C=O) groups excluding carboxylic acids is 2. The zero-order valence-corrected chi connectivity index (χ0v) is 23.6. The largest absolute Gasteiger partial charge is 0.435 e. The molecule has 230 valence electrons. The van der Waals surface area contributed by atoms with Crippen LogP contribution in [0, 0.1) is 23.4 Å². The number of aromatic nitrogens is 3. The van der Waals surface area contributed by atoms with Crippen LogP contribution in [0.15, 0.2) is 54.7 Å². The maximum Gasteiger partial charge on any atom is 0.435 e. The molecule has 4 aromatic rings. The third-order valence-electron chi connectivity index (χ3n) is 7.89. The first kappa shape index (κ1) is 30.8. The Kier molecular flexibility index (Phi) is 8.23. The van der Waals surface area contributed by atoms with Crippen LogP contribution in [0.3, 0.4) is 0 Å². The summed E-state index contributed by atoms with van der Waals surface area (Å²) in [6.07, 6.45) is -3.18. The van der Waals surface area contributed by atoms with Gasteiger partial charge in [-0.25, -0.2) is 13.2 Å². The summed E-state index contributed by atoms with van der Waals surface area (Å²) in [5.74, 6) is -4.80. The van der Waals surface area contributed by atoms with Crippen LogP contribution in [0.2, 0.25) is 0 Å². The van der Waals surface area contributed by atoms with Gasteiger partial charge in [0.2, 0.25) is 5.91 Å². The monoisotopic (exact) mass is 615 g/mol. The van der Waals surface area contributed by atoms with Gasteiger partial charge in [-0.15, -0.1) is 0 Å². The standard InChI is InChI=1S/C31H27F6N5O2/c1-15-8-25-27(16(15)2)29(31(35,36)37)41-42(25)14-26(43)40-24(11-17-9-19(32)13-20(33)10-17)28-21(4-3-7-39-28)18-5-6-23(34)22(12-18)30(38)44/h3-7,9-10,12-13,15-16,24H,8,11,14H2,1-2H3,(H2,38,44)(H,40,43)/t15-,16-,24-/m0/s1. The number of benzene rings is 2. The Hall–Kier alpha value is -4.68. The van der Waals surface area contributed by atoms with Crippen LogP contribution >= 0.6 is 0 Å². The highest BCUT2D eigenvalue weighted by molar-refractivity contribution is 5.94. The fraction of sp³-hybridized carbons (Fsp3) is 0.290. The Bertz CT molecular complexity index is 1730. The van der Waals surface area contributed by atoms with E-state index in [0.29, 0.717) is 29.3 Å². The topological polar surface area (TPSA) is 103 Å². The lowest BCUT2D eigenvalue weighted by molar-refractivity contribution is -0.142. The minimum absolute atomic E-state index is 0.0677. The number of halogens is 6. The van der Waals surface area contributed by atoms with Crippen molar-refractivity contribution in [3.8, 4) is 11.1 Å². The molecule has 0 radical (unpaired) electrons. The summed E-state index contributed by atoms with van der Waals surface area (Å²) >= 11 is 0. The van der Waals surface area contributed by atoms with Crippen molar-refractivity contribution in [2.45, 2.75) is 51.4 Å². The van der Waals surface area contributed by atoms with Crippen LogP contribution in [0.5, 0.6) is 0 Å². The molecule has 7 nitrogen and oxygen atoms in total. The quantitative estimate of drug-likeness (QED) is 0.242. The van der Waals surface area contributed by atoms with Gasteiger partial charge in [-0.3, -0.25) is 19.3 Å². The van der Waals surface area contributed by atoms with Crippen molar-refractivity contribution in [2.24, 2.45) is 11.7 Å². The molecule has 1 aliphatic rings. The van der Waals surface area contributed by atoms with Crippen molar-refractivity contribution < 1.29 is 35.9 Å². The summed E-state index contributed by atoms with van der Waals surface area (Å²) in [7, 11) is 0. The molecule has 2 heterocycles. The Morgan fingerprint density at radius 3 is 2.43 bits per heavy atom. The highest BCUT2D eigenvalue weighted by atomic mass is 19.4. The van der Waals surface area contributed by atoms with Gasteiger partial charge in [0.25, 0.3) is 5.91 Å². The molecule has 3 atom stereocenters. The van der Waals surface area contributed by atoms with Crippen molar-refractivity contribution >= 4 is 11.8 Å². The summed E-state index contributed by atoms with van der Waals surface area (Å²) in [5, 5.41) is 6.49. The predicted molar refractivity (Wildman–Crippen MR) is 148 cm³/mol. The van der Waals surface area contributed by atoms with Crippen molar-refractivity contribution in [1.82, 2.24) is 20.1 Å². The molecule has 0 saturated carbocycles. The molecule has 0 unspecified atom stereocenters. The third-order valence-corrected chi connectivity index (χ3v) is 7.89. The van der Waals surface area contributed by atoms with Gasteiger partial charge in [0.15, 0.2) is 5.69 Å². The normalized spacial score (nSPS) is 16.9. The lowest BCUT2D eigenvalue weighted by atomic mass is 9.94. The van der Waals surface area contributed by atoms with Gasteiger partial charge in [0.1, 0.15) is 24.0 Å². The Morgan fingerprint density at radius 2 is 1.77 bits per heavy atom. The number of hydrogen-bond acceptors (Lipinski definition) is 4. The zero-order chi connectivity index (χ0) is 31.9. The van der Waals surface area contributed by atoms with E-state index < -0.39 is 59.6 Å². The van der Waals surface area contributed by atoms with E-state index in [0.717, 1.165) is 22.9 Å². The number of fused-ring (bicyclic) bond motifs is 1. The van der Waals surface area contributed by atoms with E-state index in [1.165, 1.54) is 18.3 Å². The minimum Gasteiger partial charge on any atom is -0.366 e. The van der Waals surface area contributed by atoms with E-state index in [-0.39, 0.29) is 34.7 Å². The molecule has 0 bridgehead atoms. The second-order valence-corrected chi connectivity index (χ2v) is 10.9. The zero-order valence-electron chi connectivity index (χ0n) is 23.6. The molecule has 0 spiro atoms. The maximum atomic E-state index is 14.2. The molecule has 5 rings (SSSR count). The summed E-state index contributed by atoms with van der Waals surface area (Å²) in [4.78, 5) is 29.6. The van der Waals surface area contributed by atoms with Crippen LogP contribution in [-0.4, -0.2) is 26.6 Å². The first-order valence-corrected chi connectivity index (χ1v) is 13.7. The summed E-state index contributed by atoms with van der Waals surface area (Å²) < 4.78 is 85.0. The molecule has 0 saturated heterocycles. The molecule has 2 aromatic carbocycles. The SMILES string of the molecule is C[C@@H]1c2c(C(F)(F)F)nn(CC(=O)N[C@@H](Cc3cc(F)cc(F)c3)c3ncccc3-c3ccc(F)c(C(N)=O)c3)c2C[C@@H]1C. The summed E-state index contributed by atoms with van der Waals surface area (Å²) in [6.45, 7) is 2.95. The van der Waals surface area contributed by atoms with Gasteiger partial charge in [-0.2, -0.15) is 18.3 Å². The van der Waals surface area contributed by atoms with E-state index in [9.17, 15) is 35.9 Å². The number of rotatable bonds is 8. The number of nitrogens with zero attached hydrogens (tertiary/aromatic N) is 3. The van der Waals surface area contributed by atoms with Crippen molar-refractivity contribution in [3.63, 3.8) is 0 Å². The number of carbonyl (C=O) groups is 2. The van der Waals surface area contributed by atoms with Crippen molar-refractivity contribution in [2.75, 3.05) is 0 Å². The van der Waals surface area contributed by atoms with Gasteiger partial charge in [0, 0.05) is 29.1 Å². The third kappa shape index (κ3) is 6.17. The highest BCUT2D eigenvalue weighted by Crippen LogP contribution is 2.44. The number of alkyl halides is 3. The van der Waals surface area contributed by atoms with E-state index in [2.05, 4.69) is 15.4 Å². The molecular weight excluding hydrogens is 588 g/mol. The number of primary amides is 1. The van der Waals surface area contributed by atoms with Crippen LogP contribution in [0.25, 0.3) is 11.1 Å². The molecule has 44 heavy (non-hydrogen) atoms. The van der Waals surface area contributed by atoms with E-state index >= 15 is 0 Å². The van der Waals surface area contributed by atoms with Gasteiger partial charge in [-0.1, -0.05) is 26.0 Å². The number of pyridine rings is 1. The van der Waals surface area contributed by atoms with Crippen molar-refractivity contribution in [1.29, 1.82) is 0 Å². The number of nitrogens with two attached hydrogens (primary N) is 1. The molecule has 2 aromatic heterocycles. The molecule has 0 aliphatic heterocycles. The van der Waals surface area contributed by atoms with Crippen LogP contribution < -0.4 is 11.1 Å². The van der Waals surface area contributed by atoms with Gasteiger partial charge < -0.3 is 11.1 Å². The lowest BCUT2D eigenvalue weighted by Gasteiger charge is -2.22. The van der Waals surface area contributed by atoms with Crippen molar-refractivity contribution in [3.05, 3.63) is 106 Å². The van der Waals surface area contributed by atoms with Crippen LogP contribution in [-0.2, 0) is 30.4 Å². The fourth-order valence-corrected chi connectivity index (χ4v) is 5.69. The van der Waals surface area contributed by atoms with E-state index in [1.54, 1.807) is 19.1 Å².